The molecule has 0 aliphatic carbocycles. The van der Waals surface area contributed by atoms with E-state index in [-0.39, 0.29) is 11.5 Å². The second-order valence-corrected chi connectivity index (χ2v) is 9.01. The molecule has 3 amide bonds. The normalized spacial score (nSPS) is 12.4. The number of amides is 3. The van der Waals surface area contributed by atoms with Gasteiger partial charge in [-0.2, -0.15) is 0 Å². The summed E-state index contributed by atoms with van der Waals surface area (Å²) >= 11 is 2.67. The van der Waals surface area contributed by atoms with E-state index in [1.54, 1.807) is 11.5 Å². The lowest BCUT2D eigenvalue weighted by Crippen LogP contribution is -2.41. The number of aryl methyl sites for hydroxylation is 2. The summed E-state index contributed by atoms with van der Waals surface area (Å²) < 4.78 is 1.64. The van der Waals surface area contributed by atoms with Crippen LogP contribution in [0.25, 0.3) is 10.2 Å². The molecular formula is C17H24N4O3S2. The van der Waals surface area contributed by atoms with Crippen molar-refractivity contribution in [1.29, 1.82) is 0 Å². The molecule has 2 N–H and O–H groups in total. The molecule has 1 atom stereocenters. The van der Waals surface area contributed by atoms with Crippen LogP contribution < -0.4 is 16.2 Å². The summed E-state index contributed by atoms with van der Waals surface area (Å²) in [5.41, 5.74) is 0.883. The number of fused-ring (bicyclic) bond motifs is 1. The molecule has 2 rings (SSSR count). The maximum atomic E-state index is 13.0. The minimum absolute atomic E-state index is 0.0769. The topological polar surface area (TPSA) is 93.1 Å². The Labute approximate surface area is 160 Å². The van der Waals surface area contributed by atoms with Gasteiger partial charge in [0, 0.05) is 18.5 Å². The first-order chi connectivity index (χ1) is 12.1. The van der Waals surface area contributed by atoms with Crippen LogP contribution in [0, 0.1) is 19.8 Å². The summed E-state index contributed by atoms with van der Waals surface area (Å²) in [5, 5.41) is 5.18. The second-order valence-electron chi connectivity index (χ2n) is 6.50. The Morgan fingerprint density at radius 3 is 2.50 bits per heavy atom. The van der Waals surface area contributed by atoms with Crippen LogP contribution in [-0.4, -0.2) is 33.8 Å². The van der Waals surface area contributed by atoms with Crippen molar-refractivity contribution >= 4 is 45.3 Å². The molecule has 9 heteroatoms. The van der Waals surface area contributed by atoms with Crippen LogP contribution in [0.5, 0.6) is 0 Å². The molecule has 0 aromatic carbocycles. The SMILES string of the molecule is CNC(=O)NC(=O)[C@H](C)Sc1nc2sc(C)c(C)c2c(=O)n1CC(C)C. The highest BCUT2D eigenvalue weighted by Gasteiger charge is 2.22. The molecule has 0 spiro atoms. The average molecular weight is 397 g/mol. The van der Waals surface area contributed by atoms with Crippen LogP contribution in [0.4, 0.5) is 4.79 Å². The number of thioether (sulfide) groups is 1. The summed E-state index contributed by atoms with van der Waals surface area (Å²) in [6.07, 6.45) is 0. The predicted molar refractivity (Wildman–Crippen MR) is 106 cm³/mol. The fourth-order valence-corrected chi connectivity index (χ4v) is 4.40. The highest BCUT2D eigenvalue weighted by molar-refractivity contribution is 8.00. The lowest BCUT2D eigenvalue weighted by Gasteiger charge is -2.16. The molecule has 0 saturated carbocycles. The molecule has 26 heavy (non-hydrogen) atoms. The van der Waals surface area contributed by atoms with Crippen molar-refractivity contribution < 1.29 is 9.59 Å². The minimum atomic E-state index is -0.572. The Morgan fingerprint density at radius 2 is 1.92 bits per heavy atom. The van der Waals surface area contributed by atoms with Gasteiger partial charge in [0.1, 0.15) is 4.83 Å². The fourth-order valence-electron chi connectivity index (χ4n) is 2.41. The lowest BCUT2D eigenvalue weighted by atomic mass is 10.2. The number of urea groups is 1. The second kappa shape index (κ2) is 8.22. The summed E-state index contributed by atoms with van der Waals surface area (Å²) in [4.78, 5) is 42.9. The van der Waals surface area contributed by atoms with E-state index >= 15 is 0 Å². The summed E-state index contributed by atoms with van der Waals surface area (Å²) in [6, 6.07) is -0.560. The van der Waals surface area contributed by atoms with Crippen LogP contribution >= 0.6 is 23.1 Å². The van der Waals surface area contributed by atoms with Crippen molar-refractivity contribution in [3.63, 3.8) is 0 Å². The van der Waals surface area contributed by atoms with Gasteiger partial charge in [-0.25, -0.2) is 9.78 Å². The number of rotatable bonds is 5. The zero-order valence-corrected chi connectivity index (χ0v) is 17.4. The first-order valence-electron chi connectivity index (χ1n) is 8.35. The Kier molecular flexibility index (Phi) is 6.46. The molecular weight excluding hydrogens is 372 g/mol. The molecule has 0 saturated heterocycles. The molecule has 2 aromatic heterocycles. The number of aromatic nitrogens is 2. The van der Waals surface area contributed by atoms with Crippen molar-refractivity contribution in [2.75, 3.05) is 7.05 Å². The van der Waals surface area contributed by atoms with Crippen molar-refractivity contribution in [1.82, 2.24) is 20.2 Å². The van der Waals surface area contributed by atoms with Crippen LogP contribution in [0.15, 0.2) is 9.95 Å². The van der Waals surface area contributed by atoms with Crippen LogP contribution in [0.1, 0.15) is 31.2 Å². The standard InChI is InChI=1S/C17H24N4O3S2/c1-8(2)7-21-15(23)12-9(3)10(4)25-14(12)20-17(21)26-11(5)13(22)19-16(24)18-6/h8,11H,7H2,1-6H3,(H2,18,19,22,24)/t11-/m0/s1. The average Bonchev–Trinajstić information content (AvgIpc) is 2.84. The quantitative estimate of drug-likeness (QED) is 0.599. The van der Waals surface area contributed by atoms with E-state index in [0.29, 0.717) is 21.9 Å². The van der Waals surface area contributed by atoms with Gasteiger partial charge < -0.3 is 5.32 Å². The molecule has 142 valence electrons. The number of nitrogens with one attached hydrogen (secondary N) is 2. The predicted octanol–water partition coefficient (Wildman–Crippen LogP) is 2.67. The smallest absolute Gasteiger partial charge is 0.321 e. The highest BCUT2D eigenvalue weighted by Crippen LogP contribution is 2.30. The Balaban J connectivity index is 2.46. The third-order valence-corrected chi connectivity index (χ3v) is 6.11. The van der Waals surface area contributed by atoms with Crippen molar-refractivity contribution in [3.05, 3.63) is 20.8 Å². The fraction of sp³-hybridized carbons (Fsp3) is 0.529. The maximum Gasteiger partial charge on any atom is 0.321 e. The molecule has 2 heterocycles. The summed E-state index contributed by atoms with van der Waals surface area (Å²) in [7, 11) is 1.44. The molecule has 0 unspecified atom stereocenters. The monoisotopic (exact) mass is 396 g/mol. The van der Waals surface area contributed by atoms with Gasteiger partial charge in [0.05, 0.1) is 10.6 Å². The van der Waals surface area contributed by atoms with E-state index in [1.807, 2.05) is 27.7 Å². The molecule has 0 fully saturated rings. The van der Waals surface area contributed by atoms with E-state index in [1.165, 1.54) is 30.1 Å². The Bertz CT molecular complexity index is 902. The van der Waals surface area contributed by atoms with Gasteiger partial charge in [0.25, 0.3) is 5.56 Å². The van der Waals surface area contributed by atoms with E-state index < -0.39 is 17.2 Å². The number of carbonyl (C=O) groups is 2. The first-order valence-corrected chi connectivity index (χ1v) is 10.0. The number of hydrogen-bond donors (Lipinski definition) is 2. The zero-order chi connectivity index (χ0) is 19.6. The third-order valence-electron chi connectivity index (χ3n) is 3.92. The van der Waals surface area contributed by atoms with Gasteiger partial charge in [-0.3, -0.25) is 19.5 Å². The van der Waals surface area contributed by atoms with Crippen molar-refractivity contribution in [2.24, 2.45) is 5.92 Å². The Morgan fingerprint density at radius 1 is 1.27 bits per heavy atom. The summed E-state index contributed by atoms with van der Waals surface area (Å²) in [6.45, 7) is 10.2. The van der Waals surface area contributed by atoms with Gasteiger partial charge in [0.15, 0.2) is 5.16 Å². The number of carbonyl (C=O) groups excluding carboxylic acids is 2. The number of nitrogens with zero attached hydrogens (tertiary/aromatic N) is 2. The van der Waals surface area contributed by atoms with Gasteiger partial charge >= 0.3 is 6.03 Å². The number of imide groups is 1. The van der Waals surface area contributed by atoms with Crippen LogP contribution in [-0.2, 0) is 11.3 Å². The minimum Gasteiger partial charge on any atom is -0.341 e. The van der Waals surface area contributed by atoms with E-state index in [4.69, 9.17) is 0 Å². The lowest BCUT2D eigenvalue weighted by molar-refractivity contribution is -0.119. The molecule has 7 nitrogen and oxygen atoms in total. The van der Waals surface area contributed by atoms with E-state index in [2.05, 4.69) is 15.6 Å². The van der Waals surface area contributed by atoms with Crippen molar-refractivity contribution in [3.8, 4) is 0 Å². The molecule has 0 aliphatic rings. The maximum absolute atomic E-state index is 13.0. The van der Waals surface area contributed by atoms with Crippen molar-refractivity contribution in [2.45, 2.75) is 51.6 Å². The van der Waals surface area contributed by atoms with E-state index in [0.717, 1.165) is 10.4 Å². The number of thiophene rings is 1. The molecule has 0 radical (unpaired) electrons. The first kappa shape index (κ1) is 20.4. The number of hydrogen-bond acceptors (Lipinski definition) is 6. The van der Waals surface area contributed by atoms with Gasteiger partial charge in [-0.15, -0.1) is 11.3 Å². The van der Waals surface area contributed by atoms with E-state index in [9.17, 15) is 14.4 Å². The van der Waals surface area contributed by atoms with Crippen LogP contribution in [0.2, 0.25) is 0 Å². The van der Waals surface area contributed by atoms with Gasteiger partial charge in [-0.1, -0.05) is 25.6 Å². The third kappa shape index (κ3) is 4.27. The highest BCUT2D eigenvalue weighted by atomic mass is 32.2. The molecule has 0 aliphatic heterocycles. The summed E-state index contributed by atoms with van der Waals surface area (Å²) in [5.74, 6) is -0.181. The largest absolute Gasteiger partial charge is 0.341 e. The molecule has 0 bridgehead atoms. The van der Waals surface area contributed by atoms with Gasteiger partial charge in [-0.05, 0) is 32.3 Å². The zero-order valence-electron chi connectivity index (χ0n) is 15.8. The Hall–Kier alpha value is -1.87. The van der Waals surface area contributed by atoms with Crippen LogP contribution in [0.3, 0.4) is 0 Å². The van der Waals surface area contributed by atoms with Gasteiger partial charge in [0.2, 0.25) is 5.91 Å². The molecule has 2 aromatic rings.